The molecule has 0 spiro atoms. The molecule has 1 saturated heterocycles. The fourth-order valence-electron chi connectivity index (χ4n) is 5.12. The second kappa shape index (κ2) is 9.87. The van der Waals surface area contributed by atoms with E-state index < -0.39 is 0 Å². The van der Waals surface area contributed by atoms with Gasteiger partial charge in [-0.15, -0.1) is 11.3 Å². The first-order valence-electron chi connectivity index (χ1n) is 11.8. The minimum Gasteiger partial charge on any atom is -0.338 e. The van der Waals surface area contributed by atoms with E-state index in [1.165, 1.54) is 35.2 Å². The molecule has 0 N–H and O–H groups in total. The Kier molecular flexibility index (Phi) is 6.67. The van der Waals surface area contributed by atoms with Gasteiger partial charge in [0.15, 0.2) is 0 Å². The monoisotopic (exact) mass is 495 g/mol. The fourth-order valence-corrected chi connectivity index (χ4v) is 6.03. The highest BCUT2D eigenvalue weighted by Crippen LogP contribution is 2.37. The first-order valence-corrected chi connectivity index (χ1v) is 12.7. The Balaban J connectivity index is 1.28. The van der Waals surface area contributed by atoms with Crippen LogP contribution >= 0.6 is 11.3 Å². The molecule has 0 bridgehead atoms. The van der Waals surface area contributed by atoms with Crippen LogP contribution in [0.4, 0.5) is 8.78 Å². The number of benzene rings is 2. The number of amides is 2. The lowest BCUT2D eigenvalue weighted by atomic mass is 9.93. The molecule has 182 valence electrons. The summed E-state index contributed by atoms with van der Waals surface area (Å²) in [7, 11) is 0. The Morgan fingerprint density at radius 1 is 1.00 bits per heavy atom. The minimum absolute atomic E-state index is 0.00538. The Hall–Kier alpha value is -3.10. The summed E-state index contributed by atoms with van der Waals surface area (Å²) in [5.74, 6) is -0.816. The molecule has 2 aromatic carbocycles. The second-order valence-corrected chi connectivity index (χ2v) is 10.2. The van der Waals surface area contributed by atoms with E-state index in [1.54, 1.807) is 28.4 Å². The standard InChI is InChI=1S/C27H27F2N3O2S/c1-18-16-30(12-13-32(18)27(34)19-5-7-21(28)8-6-19)25(33)17-31-11-9-24-23(10-14-35-24)26(31)20-3-2-4-22(29)15-20/h2-8,10,14-15,18,26H,9,11-13,16-17H2,1H3. The van der Waals surface area contributed by atoms with E-state index in [0.717, 1.165) is 24.1 Å². The van der Waals surface area contributed by atoms with Crippen LogP contribution in [0.2, 0.25) is 0 Å². The molecule has 2 amide bonds. The largest absolute Gasteiger partial charge is 0.338 e. The van der Waals surface area contributed by atoms with Gasteiger partial charge in [0.2, 0.25) is 5.91 Å². The van der Waals surface area contributed by atoms with Crippen molar-refractivity contribution in [3.8, 4) is 0 Å². The second-order valence-electron chi connectivity index (χ2n) is 9.17. The van der Waals surface area contributed by atoms with E-state index in [-0.39, 0.29) is 42.1 Å². The molecule has 2 aliphatic rings. The highest BCUT2D eigenvalue weighted by Gasteiger charge is 2.34. The van der Waals surface area contributed by atoms with Crippen LogP contribution < -0.4 is 0 Å². The van der Waals surface area contributed by atoms with E-state index >= 15 is 0 Å². The van der Waals surface area contributed by atoms with Crippen molar-refractivity contribution in [1.82, 2.24) is 14.7 Å². The van der Waals surface area contributed by atoms with Crippen molar-refractivity contribution in [2.45, 2.75) is 25.4 Å². The molecule has 0 aliphatic carbocycles. The van der Waals surface area contributed by atoms with Crippen LogP contribution in [-0.4, -0.2) is 65.3 Å². The number of piperazine rings is 1. The maximum Gasteiger partial charge on any atom is 0.254 e. The lowest BCUT2D eigenvalue weighted by Crippen LogP contribution is -2.57. The van der Waals surface area contributed by atoms with Crippen LogP contribution in [0, 0.1) is 11.6 Å². The fraction of sp³-hybridized carbons (Fsp3) is 0.333. The number of nitrogens with zero attached hydrogens (tertiary/aromatic N) is 3. The molecule has 3 aromatic rings. The van der Waals surface area contributed by atoms with E-state index in [4.69, 9.17) is 0 Å². The zero-order valence-corrected chi connectivity index (χ0v) is 20.3. The Morgan fingerprint density at radius 2 is 1.80 bits per heavy atom. The predicted molar refractivity (Wildman–Crippen MR) is 131 cm³/mol. The van der Waals surface area contributed by atoms with Gasteiger partial charge in [-0.1, -0.05) is 12.1 Å². The Labute approximate surface area is 207 Å². The smallest absolute Gasteiger partial charge is 0.254 e. The predicted octanol–water partition coefficient (Wildman–Crippen LogP) is 4.35. The van der Waals surface area contributed by atoms with Crippen LogP contribution in [0.3, 0.4) is 0 Å². The van der Waals surface area contributed by atoms with Gasteiger partial charge < -0.3 is 9.80 Å². The van der Waals surface area contributed by atoms with Gasteiger partial charge in [0, 0.05) is 42.7 Å². The summed E-state index contributed by atoms with van der Waals surface area (Å²) in [6.07, 6.45) is 0.864. The normalized spacial score (nSPS) is 20.5. The van der Waals surface area contributed by atoms with Crippen molar-refractivity contribution < 1.29 is 18.4 Å². The lowest BCUT2D eigenvalue weighted by molar-refractivity contribution is -0.135. The molecular weight excluding hydrogens is 468 g/mol. The molecular formula is C27H27F2N3O2S. The quantitative estimate of drug-likeness (QED) is 0.541. The van der Waals surface area contributed by atoms with Crippen molar-refractivity contribution in [2.24, 2.45) is 0 Å². The van der Waals surface area contributed by atoms with Gasteiger partial charge in [0.1, 0.15) is 11.6 Å². The topological polar surface area (TPSA) is 43.9 Å². The number of hydrogen-bond donors (Lipinski definition) is 0. The van der Waals surface area contributed by atoms with Gasteiger partial charge in [-0.05, 0) is 72.3 Å². The average molecular weight is 496 g/mol. The minimum atomic E-state index is -0.381. The van der Waals surface area contributed by atoms with E-state index in [0.29, 0.717) is 25.2 Å². The molecule has 8 heteroatoms. The molecule has 2 aliphatic heterocycles. The average Bonchev–Trinajstić information content (AvgIpc) is 3.32. The van der Waals surface area contributed by atoms with Crippen molar-refractivity contribution in [1.29, 1.82) is 0 Å². The highest BCUT2D eigenvalue weighted by atomic mass is 32.1. The molecule has 5 nitrogen and oxygen atoms in total. The molecule has 1 fully saturated rings. The van der Waals surface area contributed by atoms with Gasteiger partial charge in [-0.3, -0.25) is 14.5 Å². The van der Waals surface area contributed by atoms with E-state index in [1.807, 2.05) is 17.9 Å². The lowest BCUT2D eigenvalue weighted by Gasteiger charge is -2.42. The molecule has 0 saturated carbocycles. The van der Waals surface area contributed by atoms with E-state index in [9.17, 15) is 18.4 Å². The van der Waals surface area contributed by atoms with Crippen LogP contribution in [0.1, 0.15) is 39.3 Å². The number of fused-ring (bicyclic) bond motifs is 1. The van der Waals surface area contributed by atoms with Gasteiger partial charge >= 0.3 is 0 Å². The summed E-state index contributed by atoms with van der Waals surface area (Å²) in [5.41, 5.74) is 2.43. The van der Waals surface area contributed by atoms with Crippen molar-refractivity contribution in [3.63, 3.8) is 0 Å². The van der Waals surface area contributed by atoms with Crippen molar-refractivity contribution in [2.75, 3.05) is 32.7 Å². The molecule has 35 heavy (non-hydrogen) atoms. The molecule has 3 heterocycles. The molecule has 1 aromatic heterocycles. The highest BCUT2D eigenvalue weighted by molar-refractivity contribution is 7.10. The van der Waals surface area contributed by atoms with Crippen molar-refractivity contribution >= 4 is 23.2 Å². The van der Waals surface area contributed by atoms with Crippen LogP contribution in [-0.2, 0) is 11.2 Å². The molecule has 5 rings (SSSR count). The number of rotatable bonds is 4. The maximum atomic E-state index is 14.0. The summed E-state index contributed by atoms with van der Waals surface area (Å²) in [5, 5.41) is 2.06. The zero-order chi connectivity index (χ0) is 24.5. The van der Waals surface area contributed by atoms with Gasteiger partial charge in [-0.25, -0.2) is 8.78 Å². The van der Waals surface area contributed by atoms with E-state index in [2.05, 4.69) is 16.3 Å². The zero-order valence-electron chi connectivity index (χ0n) is 19.5. The van der Waals surface area contributed by atoms with Crippen LogP contribution in [0.15, 0.2) is 60.0 Å². The van der Waals surface area contributed by atoms with Gasteiger partial charge in [-0.2, -0.15) is 0 Å². The van der Waals surface area contributed by atoms with Crippen molar-refractivity contribution in [3.05, 3.63) is 93.2 Å². The number of carbonyl (C=O) groups excluding carboxylic acids is 2. The van der Waals surface area contributed by atoms with Crippen LogP contribution in [0.25, 0.3) is 0 Å². The first-order chi connectivity index (χ1) is 16.9. The third-order valence-corrected chi connectivity index (χ3v) is 7.90. The summed E-state index contributed by atoms with van der Waals surface area (Å²) in [6, 6.07) is 13.9. The maximum absolute atomic E-state index is 14.0. The molecule has 2 atom stereocenters. The summed E-state index contributed by atoms with van der Waals surface area (Å²) in [6.45, 7) is 4.18. The van der Waals surface area contributed by atoms with Gasteiger partial charge in [0.25, 0.3) is 5.91 Å². The summed E-state index contributed by atoms with van der Waals surface area (Å²) >= 11 is 1.71. The molecule has 2 unspecified atom stereocenters. The van der Waals surface area contributed by atoms with Crippen LogP contribution in [0.5, 0.6) is 0 Å². The summed E-state index contributed by atoms with van der Waals surface area (Å²) in [4.78, 5) is 33.2. The summed E-state index contributed by atoms with van der Waals surface area (Å²) < 4.78 is 27.3. The number of thiophene rings is 1. The third kappa shape index (κ3) is 4.86. The Morgan fingerprint density at radius 3 is 2.54 bits per heavy atom. The number of halogens is 2. The SMILES string of the molecule is CC1CN(C(=O)CN2CCc3sccc3C2c2cccc(F)c2)CCN1C(=O)c1ccc(F)cc1. The van der Waals surface area contributed by atoms with Gasteiger partial charge in [0.05, 0.1) is 12.6 Å². The number of carbonyl (C=O) groups is 2. The first kappa shape index (κ1) is 23.6. The third-order valence-electron chi connectivity index (χ3n) is 6.90. The number of hydrogen-bond acceptors (Lipinski definition) is 4. The Bertz CT molecular complexity index is 1230. The molecule has 0 radical (unpaired) electrons.